The zero-order chi connectivity index (χ0) is 21.1. The van der Waals surface area contributed by atoms with Crippen molar-refractivity contribution in [1.82, 2.24) is 19.7 Å². The maximum Gasteiger partial charge on any atom is 0.183 e. The summed E-state index contributed by atoms with van der Waals surface area (Å²) in [5, 5.41) is 5.48. The van der Waals surface area contributed by atoms with Gasteiger partial charge in [0.2, 0.25) is 0 Å². The predicted octanol–water partition coefficient (Wildman–Crippen LogP) is 3.00. The van der Waals surface area contributed by atoms with E-state index in [1.807, 2.05) is 37.4 Å². The molecular weight excluding hydrogens is 380 g/mol. The SMILES string of the molecule is CC(=O)Cc1cccc2[nH]c(-c3cc(C(=O)CCCN4CCOCC4)nn3C)cc12. The molecule has 1 aromatic carbocycles. The fraction of sp³-hybridized carbons (Fsp3) is 0.435. The van der Waals surface area contributed by atoms with Crippen molar-refractivity contribution in [2.24, 2.45) is 7.05 Å². The van der Waals surface area contributed by atoms with Crippen molar-refractivity contribution in [3.8, 4) is 11.4 Å². The lowest BCUT2D eigenvalue weighted by Crippen LogP contribution is -2.36. The van der Waals surface area contributed by atoms with E-state index < -0.39 is 0 Å². The van der Waals surface area contributed by atoms with Gasteiger partial charge in [-0.05, 0) is 43.7 Å². The van der Waals surface area contributed by atoms with Crippen molar-refractivity contribution in [3.63, 3.8) is 0 Å². The number of aromatic nitrogens is 3. The van der Waals surface area contributed by atoms with E-state index in [0.29, 0.717) is 18.5 Å². The van der Waals surface area contributed by atoms with E-state index >= 15 is 0 Å². The summed E-state index contributed by atoms with van der Waals surface area (Å²) in [7, 11) is 1.85. The second-order valence-electron chi connectivity index (χ2n) is 7.96. The molecule has 0 bridgehead atoms. The Labute approximate surface area is 176 Å². The molecule has 7 nitrogen and oxygen atoms in total. The summed E-state index contributed by atoms with van der Waals surface area (Å²) in [4.78, 5) is 30.0. The number of benzene rings is 1. The van der Waals surface area contributed by atoms with Gasteiger partial charge < -0.3 is 9.72 Å². The van der Waals surface area contributed by atoms with Crippen molar-refractivity contribution in [3.05, 3.63) is 41.6 Å². The Morgan fingerprint density at radius 3 is 2.77 bits per heavy atom. The molecule has 158 valence electrons. The van der Waals surface area contributed by atoms with Gasteiger partial charge in [-0.15, -0.1) is 0 Å². The molecule has 3 aromatic rings. The molecule has 1 fully saturated rings. The topological polar surface area (TPSA) is 80.2 Å². The summed E-state index contributed by atoms with van der Waals surface area (Å²) >= 11 is 0. The van der Waals surface area contributed by atoms with Crippen LogP contribution in [0.15, 0.2) is 30.3 Å². The van der Waals surface area contributed by atoms with Gasteiger partial charge in [0.05, 0.1) is 24.6 Å². The number of nitrogens with one attached hydrogen (secondary N) is 1. The predicted molar refractivity (Wildman–Crippen MR) is 116 cm³/mol. The summed E-state index contributed by atoms with van der Waals surface area (Å²) in [6.07, 6.45) is 1.72. The Morgan fingerprint density at radius 1 is 1.20 bits per heavy atom. The van der Waals surface area contributed by atoms with Crippen LogP contribution in [0.4, 0.5) is 0 Å². The molecule has 7 heteroatoms. The van der Waals surface area contributed by atoms with Crippen LogP contribution in [0, 0.1) is 0 Å². The van der Waals surface area contributed by atoms with Crippen LogP contribution in [0.5, 0.6) is 0 Å². The fourth-order valence-electron chi connectivity index (χ4n) is 4.05. The second-order valence-corrected chi connectivity index (χ2v) is 7.96. The van der Waals surface area contributed by atoms with E-state index in [1.54, 1.807) is 11.6 Å². The zero-order valence-corrected chi connectivity index (χ0v) is 17.6. The number of aromatic amines is 1. The van der Waals surface area contributed by atoms with Crippen LogP contribution in [-0.2, 0) is 23.0 Å². The number of carbonyl (C=O) groups is 2. The first-order valence-electron chi connectivity index (χ1n) is 10.5. The normalized spacial score (nSPS) is 15.0. The van der Waals surface area contributed by atoms with Gasteiger partial charge in [-0.25, -0.2) is 0 Å². The molecule has 1 N–H and O–H groups in total. The fourth-order valence-corrected chi connectivity index (χ4v) is 4.05. The van der Waals surface area contributed by atoms with Gasteiger partial charge in [-0.1, -0.05) is 12.1 Å². The van der Waals surface area contributed by atoms with E-state index in [2.05, 4.69) is 15.0 Å². The Morgan fingerprint density at radius 2 is 2.00 bits per heavy atom. The number of ether oxygens (including phenoxy) is 1. The first kappa shape index (κ1) is 20.5. The molecule has 0 aliphatic carbocycles. The highest BCUT2D eigenvalue weighted by Crippen LogP contribution is 2.27. The zero-order valence-electron chi connectivity index (χ0n) is 17.6. The number of aryl methyl sites for hydroxylation is 1. The third-order valence-corrected chi connectivity index (χ3v) is 5.62. The van der Waals surface area contributed by atoms with E-state index in [0.717, 1.165) is 67.1 Å². The summed E-state index contributed by atoms with van der Waals surface area (Å²) in [6.45, 7) is 5.94. The van der Waals surface area contributed by atoms with Crippen LogP contribution in [0.25, 0.3) is 22.3 Å². The lowest BCUT2D eigenvalue weighted by Gasteiger charge is -2.26. The third-order valence-electron chi connectivity index (χ3n) is 5.62. The Hall–Kier alpha value is -2.77. The van der Waals surface area contributed by atoms with Crippen molar-refractivity contribution in [1.29, 1.82) is 0 Å². The quantitative estimate of drug-likeness (QED) is 0.580. The minimum atomic E-state index is 0.0680. The van der Waals surface area contributed by atoms with Crippen molar-refractivity contribution in [2.45, 2.75) is 26.2 Å². The molecule has 30 heavy (non-hydrogen) atoms. The van der Waals surface area contributed by atoms with E-state index in [1.165, 1.54) is 0 Å². The molecule has 1 aliphatic heterocycles. The second kappa shape index (κ2) is 8.93. The van der Waals surface area contributed by atoms with Gasteiger partial charge in [0.15, 0.2) is 5.78 Å². The average molecular weight is 409 g/mol. The largest absolute Gasteiger partial charge is 0.379 e. The number of H-pyrrole nitrogens is 1. The summed E-state index contributed by atoms with van der Waals surface area (Å²) in [5.41, 5.74) is 4.23. The first-order valence-corrected chi connectivity index (χ1v) is 10.5. The molecule has 0 unspecified atom stereocenters. The van der Waals surface area contributed by atoms with Crippen LogP contribution in [-0.4, -0.2) is 64.1 Å². The van der Waals surface area contributed by atoms with Crippen molar-refractivity contribution in [2.75, 3.05) is 32.8 Å². The van der Waals surface area contributed by atoms with Crippen LogP contribution < -0.4 is 0 Å². The van der Waals surface area contributed by atoms with Gasteiger partial charge in [0.1, 0.15) is 11.5 Å². The van der Waals surface area contributed by atoms with E-state index in [4.69, 9.17) is 4.74 Å². The van der Waals surface area contributed by atoms with Crippen LogP contribution in [0.3, 0.4) is 0 Å². The highest BCUT2D eigenvalue weighted by atomic mass is 16.5. The molecule has 0 saturated carbocycles. The Bertz CT molecular complexity index is 1060. The maximum absolute atomic E-state index is 12.7. The summed E-state index contributed by atoms with van der Waals surface area (Å²) < 4.78 is 7.10. The number of hydrogen-bond acceptors (Lipinski definition) is 5. The van der Waals surface area contributed by atoms with Gasteiger partial charge in [0.25, 0.3) is 0 Å². The Kier molecular flexibility index (Phi) is 6.11. The highest BCUT2D eigenvalue weighted by Gasteiger charge is 2.17. The minimum Gasteiger partial charge on any atom is -0.379 e. The monoisotopic (exact) mass is 408 g/mol. The molecule has 0 atom stereocenters. The number of carbonyl (C=O) groups excluding carboxylic acids is 2. The molecule has 0 spiro atoms. The smallest absolute Gasteiger partial charge is 0.183 e. The van der Waals surface area contributed by atoms with Gasteiger partial charge in [-0.3, -0.25) is 19.2 Å². The lowest BCUT2D eigenvalue weighted by molar-refractivity contribution is -0.116. The molecular formula is C23H28N4O3. The summed E-state index contributed by atoms with van der Waals surface area (Å²) in [6, 6.07) is 9.82. The minimum absolute atomic E-state index is 0.0680. The molecule has 4 rings (SSSR count). The molecule has 1 saturated heterocycles. The Balaban J connectivity index is 1.48. The molecule has 0 radical (unpaired) electrons. The third kappa shape index (κ3) is 4.52. The number of Topliss-reactive ketones (excluding diaryl/α,β-unsaturated/α-hetero) is 2. The van der Waals surface area contributed by atoms with E-state index in [-0.39, 0.29) is 11.6 Å². The van der Waals surface area contributed by atoms with E-state index in [9.17, 15) is 9.59 Å². The first-order chi connectivity index (χ1) is 14.5. The highest BCUT2D eigenvalue weighted by molar-refractivity contribution is 5.96. The van der Waals surface area contributed by atoms with Gasteiger partial charge in [-0.2, -0.15) is 5.10 Å². The number of ketones is 2. The van der Waals surface area contributed by atoms with Crippen molar-refractivity contribution < 1.29 is 14.3 Å². The lowest BCUT2D eigenvalue weighted by atomic mass is 10.0. The molecule has 3 heterocycles. The molecule has 1 aliphatic rings. The van der Waals surface area contributed by atoms with Gasteiger partial charge in [0, 0.05) is 43.9 Å². The number of hydrogen-bond donors (Lipinski definition) is 1. The average Bonchev–Trinajstić information content (AvgIpc) is 3.32. The van der Waals surface area contributed by atoms with Crippen LogP contribution in [0.1, 0.15) is 35.8 Å². The van der Waals surface area contributed by atoms with Crippen molar-refractivity contribution >= 4 is 22.5 Å². The van der Waals surface area contributed by atoms with Gasteiger partial charge >= 0.3 is 0 Å². The van der Waals surface area contributed by atoms with Crippen LogP contribution >= 0.6 is 0 Å². The number of nitrogens with zero attached hydrogens (tertiary/aromatic N) is 3. The number of morpholine rings is 1. The standard InChI is InChI=1S/C23H28N4O3/c1-16(28)13-17-5-3-6-19-18(17)14-20(24-19)22-15-21(25-26(22)2)23(29)7-4-8-27-9-11-30-12-10-27/h3,5-6,14-15,24H,4,7-13H2,1-2H3. The number of rotatable bonds is 8. The number of fused-ring (bicyclic) bond motifs is 1. The van der Waals surface area contributed by atoms with Crippen LogP contribution in [0.2, 0.25) is 0 Å². The molecule has 2 aromatic heterocycles. The summed E-state index contributed by atoms with van der Waals surface area (Å²) in [5.74, 6) is 0.203. The maximum atomic E-state index is 12.7. The molecule has 0 amide bonds.